The van der Waals surface area contributed by atoms with E-state index in [1.807, 2.05) is 0 Å². The maximum absolute atomic E-state index is 12.7. The van der Waals surface area contributed by atoms with Gasteiger partial charge in [-0.05, 0) is 6.07 Å². The largest absolute Gasteiger partial charge is 0.310 e. The SMILES string of the molecule is O=C1C[N+](=O)Oc2cc(F)c(F)cc21. The molecule has 1 aliphatic rings. The van der Waals surface area contributed by atoms with E-state index in [1.165, 1.54) is 0 Å². The maximum Gasteiger partial charge on any atom is 0.310 e. The Morgan fingerprint density at radius 3 is 2.64 bits per heavy atom. The number of rotatable bonds is 0. The quantitative estimate of drug-likeness (QED) is 0.632. The first kappa shape index (κ1) is 8.74. The highest BCUT2D eigenvalue weighted by atomic mass is 19.2. The van der Waals surface area contributed by atoms with Crippen LogP contribution in [0.2, 0.25) is 0 Å². The Morgan fingerprint density at radius 2 is 1.93 bits per heavy atom. The van der Waals surface area contributed by atoms with Crippen LogP contribution in [0, 0.1) is 16.5 Å². The summed E-state index contributed by atoms with van der Waals surface area (Å²) in [6.45, 7) is -0.516. The molecule has 4 nitrogen and oxygen atoms in total. The average Bonchev–Trinajstić information content (AvgIpc) is 2.08. The molecule has 0 aromatic heterocycles. The molecule has 1 aromatic rings. The Hall–Kier alpha value is -1.85. The number of Topliss-reactive ketones (excluding diaryl/α,β-unsaturated/α-hetero) is 1. The molecule has 0 aliphatic carbocycles. The van der Waals surface area contributed by atoms with Crippen molar-refractivity contribution < 1.29 is 23.3 Å². The summed E-state index contributed by atoms with van der Waals surface area (Å²) >= 11 is 0. The predicted octanol–water partition coefficient (Wildman–Crippen LogP) is 1.23. The molecule has 0 radical (unpaired) electrons. The van der Waals surface area contributed by atoms with Crippen molar-refractivity contribution in [1.29, 1.82) is 0 Å². The minimum Gasteiger partial charge on any atom is -0.286 e. The van der Waals surface area contributed by atoms with E-state index in [1.54, 1.807) is 0 Å². The monoisotopic (exact) mass is 200 g/mol. The summed E-state index contributed by atoms with van der Waals surface area (Å²) in [6.07, 6.45) is 0. The van der Waals surface area contributed by atoms with Gasteiger partial charge in [0.05, 0.1) is 10.5 Å². The van der Waals surface area contributed by atoms with Crippen molar-refractivity contribution in [2.45, 2.75) is 0 Å². The zero-order valence-electron chi connectivity index (χ0n) is 6.79. The first-order valence-electron chi connectivity index (χ1n) is 3.73. The molecule has 0 spiro atoms. The Balaban J connectivity index is 2.60. The van der Waals surface area contributed by atoms with E-state index in [4.69, 9.17) is 0 Å². The molecule has 2 rings (SSSR count). The molecule has 0 N–H and O–H groups in total. The number of benzene rings is 1. The van der Waals surface area contributed by atoms with Crippen molar-refractivity contribution in [3.8, 4) is 5.75 Å². The molecule has 1 heterocycles. The average molecular weight is 200 g/mol. The molecular weight excluding hydrogens is 196 g/mol. The summed E-state index contributed by atoms with van der Waals surface area (Å²) in [6, 6.07) is 1.40. The number of nitrogens with zero attached hydrogens (tertiary/aromatic N) is 1. The number of ketones is 1. The number of fused-ring (bicyclic) bond motifs is 1. The topological polar surface area (TPSA) is 46.4 Å². The van der Waals surface area contributed by atoms with Crippen molar-refractivity contribution >= 4 is 5.78 Å². The molecule has 0 fully saturated rings. The third-order valence-electron chi connectivity index (χ3n) is 1.80. The molecule has 72 valence electrons. The van der Waals surface area contributed by atoms with Crippen molar-refractivity contribution in [3.63, 3.8) is 0 Å². The van der Waals surface area contributed by atoms with Crippen LogP contribution in [-0.4, -0.2) is 17.3 Å². The van der Waals surface area contributed by atoms with Gasteiger partial charge in [0.2, 0.25) is 16.5 Å². The van der Waals surface area contributed by atoms with Gasteiger partial charge in [-0.2, -0.15) is 4.84 Å². The zero-order chi connectivity index (χ0) is 10.3. The van der Waals surface area contributed by atoms with E-state index in [0.717, 1.165) is 6.07 Å². The first-order chi connectivity index (χ1) is 6.58. The molecular formula is C8H4F2NO3+. The molecule has 0 saturated carbocycles. The van der Waals surface area contributed by atoms with Gasteiger partial charge in [-0.1, -0.05) is 0 Å². The van der Waals surface area contributed by atoms with Crippen LogP contribution in [0.25, 0.3) is 0 Å². The summed E-state index contributed by atoms with van der Waals surface area (Å²) in [7, 11) is 0. The molecule has 0 bridgehead atoms. The van der Waals surface area contributed by atoms with Crippen molar-refractivity contribution in [2.75, 3.05) is 6.54 Å². The number of hydrogen-bond acceptors (Lipinski definition) is 3. The maximum atomic E-state index is 12.7. The van der Waals surface area contributed by atoms with Crippen LogP contribution in [0.4, 0.5) is 8.78 Å². The molecule has 0 saturated heterocycles. The number of carbonyl (C=O) groups excluding carboxylic acids is 1. The van der Waals surface area contributed by atoms with Crippen LogP contribution in [0.1, 0.15) is 10.4 Å². The molecule has 14 heavy (non-hydrogen) atoms. The summed E-state index contributed by atoms with van der Waals surface area (Å²) in [5.41, 5.74) is -0.115. The standard InChI is InChI=1S/C8H4F2NO3/c9-5-1-4-7(12)3-11(13)14-8(4)2-6(5)10/h1-2H,3H2/q+1. The molecule has 1 aromatic carbocycles. The second-order valence-electron chi connectivity index (χ2n) is 2.77. The van der Waals surface area contributed by atoms with Gasteiger partial charge in [0.1, 0.15) is 0 Å². The lowest BCUT2D eigenvalue weighted by molar-refractivity contribution is -0.754. The van der Waals surface area contributed by atoms with Crippen LogP contribution in [-0.2, 0) is 0 Å². The Labute approximate surface area is 76.6 Å². The summed E-state index contributed by atoms with van der Waals surface area (Å²) in [4.78, 5) is 26.3. The van der Waals surface area contributed by atoms with E-state index in [0.29, 0.717) is 6.07 Å². The van der Waals surface area contributed by atoms with Gasteiger partial charge < -0.3 is 0 Å². The Bertz CT molecular complexity index is 444. The number of hydrogen-bond donors (Lipinski definition) is 0. The van der Waals surface area contributed by atoms with Crippen LogP contribution in [0.3, 0.4) is 0 Å². The van der Waals surface area contributed by atoms with Gasteiger partial charge in [0.25, 0.3) is 0 Å². The molecule has 0 amide bonds. The molecule has 6 heteroatoms. The second-order valence-corrected chi connectivity index (χ2v) is 2.77. The van der Waals surface area contributed by atoms with Crippen LogP contribution >= 0.6 is 0 Å². The van der Waals surface area contributed by atoms with E-state index < -0.39 is 24.0 Å². The zero-order valence-corrected chi connectivity index (χ0v) is 6.79. The van der Waals surface area contributed by atoms with Gasteiger partial charge in [0, 0.05) is 6.07 Å². The Kier molecular flexibility index (Phi) is 1.77. The smallest absolute Gasteiger partial charge is 0.286 e. The Morgan fingerprint density at radius 1 is 1.29 bits per heavy atom. The fourth-order valence-electron chi connectivity index (χ4n) is 1.17. The summed E-state index contributed by atoms with van der Waals surface area (Å²) in [5.74, 6) is -3.15. The van der Waals surface area contributed by atoms with Gasteiger partial charge in [-0.15, -0.1) is 0 Å². The van der Waals surface area contributed by atoms with Gasteiger partial charge in [-0.25, -0.2) is 8.78 Å². The summed E-state index contributed by atoms with van der Waals surface area (Å²) < 4.78 is 25.4. The van der Waals surface area contributed by atoms with Crippen LogP contribution < -0.4 is 4.84 Å². The minimum atomic E-state index is -1.16. The highest BCUT2D eigenvalue weighted by Gasteiger charge is 2.32. The molecule has 0 atom stereocenters. The fourth-order valence-corrected chi connectivity index (χ4v) is 1.17. The van der Waals surface area contributed by atoms with E-state index in [2.05, 4.69) is 4.84 Å². The van der Waals surface area contributed by atoms with E-state index >= 15 is 0 Å². The fraction of sp³-hybridized carbons (Fsp3) is 0.125. The van der Waals surface area contributed by atoms with Crippen LogP contribution in [0.15, 0.2) is 12.1 Å². The molecule has 1 aliphatic heterocycles. The van der Waals surface area contributed by atoms with E-state index in [-0.39, 0.29) is 16.2 Å². The van der Waals surface area contributed by atoms with Gasteiger partial charge >= 0.3 is 6.54 Å². The lowest BCUT2D eigenvalue weighted by atomic mass is 10.1. The summed E-state index contributed by atoms with van der Waals surface area (Å²) in [5, 5.41) is 0. The second kappa shape index (κ2) is 2.83. The highest BCUT2D eigenvalue weighted by Crippen LogP contribution is 2.25. The number of halogens is 2. The van der Waals surface area contributed by atoms with Gasteiger partial charge in [-0.3, -0.25) is 4.79 Å². The van der Waals surface area contributed by atoms with E-state index in [9.17, 15) is 18.5 Å². The normalized spacial score (nSPS) is 15.0. The number of carbonyl (C=O) groups is 1. The van der Waals surface area contributed by atoms with Crippen LogP contribution in [0.5, 0.6) is 5.75 Å². The van der Waals surface area contributed by atoms with Crippen molar-refractivity contribution in [1.82, 2.24) is 0 Å². The predicted molar refractivity (Wildman–Crippen MR) is 39.8 cm³/mol. The van der Waals surface area contributed by atoms with Gasteiger partial charge in [0.15, 0.2) is 11.6 Å². The van der Waals surface area contributed by atoms with Crippen molar-refractivity contribution in [3.05, 3.63) is 34.2 Å². The third-order valence-corrected chi connectivity index (χ3v) is 1.80. The minimum absolute atomic E-state index is 0.0159. The lowest BCUT2D eigenvalue weighted by Gasteiger charge is -2.07. The molecule has 0 unspecified atom stereocenters. The lowest BCUT2D eigenvalue weighted by Crippen LogP contribution is -2.28. The highest BCUT2D eigenvalue weighted by molar-refractivity contribution is 5.99. The third kappa shape index (κ3) is 1.24. The van der Waals surface area contributed by atoms with Crippen molar-refractivity contribution in [2.24, 2.45) is 0 Å². The first-order valence-corrected chi connectivity index (χ1v) is 3.73.